The number of fused-ring (bicyclic) bond motifs is 2. The summed E-state index contributed by atoms with van der Waals surface area (Å²) in [7, 11) is 4.15. The molecule has 2 aliphatic heterocycles. The first-order valence-corrected chi connectivity index (χ1v) is 14.8. The number of nitrogens with one attached hydrogen (secondary N) is 1. The Bertz CT molecular complexity index is 1590. The highest BCUT2D eigenvalue weighted by atomic mass is 19.1. The molecule has 2 fully saturated rings. The van der Waals surface area contributed by atoms with Crippen molar-refractivity contribution < 1.29 is 13.9 Å². The molecule has 3 aromatic rings. The molecule has 1 atom stereocenters. The number of hydrogen-bond acceptors (Lipinski definition) is 8. The number of amides is 1. The Morgan fingerprint density at radius 3 is 2.79 bits per heavy atom. The highest BCUT2D eigenvalue weighted by Crippen LogP contribution is 2.46. The van der Waals surface area contributed by atoms with Crippen LogP contribution in [0.25, 0.3) is 15.7 Å². The molecule has 1 aromatic carbocycles. The molecule has 43 heavy (non-hydrogen) atoms. The van der Waals surface area contributed by atoms with Gasteiger partial charge in [0.25, 0.3) is 5.91 Å². The third-order valence-electron chi connectivity index (χ3n) is 8.83. The van der Waals surface area contributed by atoms with E-state index in [1.807, 2.05) is 6.20 Å². The Balaban J connectivity index is 1.33. The molecular weight excluding hydrogens is 549 g/mol. The van der Waals surface area contributed by atoms with Gasteiger partial charge in [-0.05, 0) is 51.9 Å². The average molecular weight is 588 g/mol. The Hall–Kier alpha value is -4.24. The lowest BCUT2D eigenvalue weighted by atomic mass is 10.0. The van der Waals surface area contributed by atoms with Gasteiger partial charge in [-0.15, -0.1) is 0 Å². The lowest BCUT2D eigenvalue weighted by Crippen LogP contribution is -2.57. The zero-order valence-corrected chi connectivity index (χ0v) is 25.1. The van der Waals surface area contributed by atoms with Gasteiger partial charge in [0.15, 0.2) is 5.83 Å². The first-order valence-electron chi connectivity index (χ1n) is 14.8. The fourth-order valence-electron chi connectivity index (χ4n) is 6.58. The summed E-state index contributed by atoms with van der Waals surface area (Å²) in [4.78, 5) is 34.0. The predicted molar refractivity (Wildman–Crippen MR) is 163 cm³/mol. The maximum absolute atomic E-state index is 13.8. The van der Waals surface area contributed by atoms with Gasteiger partial charge < -0.3 is 29.2 Å². The highest BCUT2D eigenvalue weighted by molar-refractivity contribution is 5.93. The fourth-order valence-corrected chi connectivity index (χ4v) is 6.58. The van der Waals surface area contributed by atoms with E-state index in [1.165, 1.54) is 10.5 Å². The van der Waals surface area contributed by atoms with Crippen molar-refractivity contribution in [3.05, 3.63) is 59.0 Å². The first kappa shape index (κ1) is 28.9. The summed E-state index contributed by atoms with van der Waals surface area (Å²) in [6, 6.07) is 4.03. The third-order valence-corrected chi connectivity index (χ3v) is 8.83. The molecule has 3 aliphatic rings. The van der Waals surface area contributed by atoms with Crippen LogP contribution in [0, 0.1) is 18.9 Å². The third kappa shape index (κ3) is 5.73. The molecule has 11 nitrogen and oxygen atoms in total. The zero-order valence-electron chi connectivity index (χ0n) is 25.1. The standard InChI is InChI=1S/C31H38FN9O2/c1-20-6-7-25-24(15-34-37-25)27(20)39-11-8-23-26(17-39)35-30(43-19-31(9-10-31)18-38(4)5)36-28(23)40-12-13-41(29(42)21(2)32)22(16-40)14-33-3/h6-7,15,22H,2,8-14,16-19H2,1,4-5H3,(H,34,37)/t22-/m0/s1. The molecular formula is C31H38FN9O2. The van der Waals surface area contributed by atoms with Crippen LogP contribution in [0.1, 0.15) is 29.7 Å². The van der Waals surface area contributed by atoms with E-state index in [2.05, 4.69) is 69.5 Å². The van der Waals surface area contributed by atoms with Crippen LogP contribution in [-0.2, 0) is 17.8 Å². The molecule has 1 aliphatic carbocycles. The van der Waals surface area contributed by atoms with Crippen LogP contribution >= 0.6 is 0 Å². The van der Waals surface area contributed by atoms with E-state index in [4.69, 9.17) is 21.3 Å². The van der Waals surface area contributed by atoms with Crippen molar-refractivity contribution in [3.63, 3.8) is 0 Å². The monoisotopic (exact) mass is 587 g/mol. The van der Waals surface area contributed by atoms with E-state index >= 15 is 0 Å². The normalized spacial score (nSPS) is 19.3. The summed E-state index contributed by atoms with van der Waals surface area (Å²) in [5.41, 5.74) is 5.36. The van der Waals surface area contributed by atoms with Gasteiger partial charge >= 0.3 is 6.01 Å². The number of H-pyrrole nitrogens is 1. The molecule has 1 saturated carbocycles. The molecule has 0 bridgehead atoms. The summed E-state index contributed by atoms with van der Waals surface area (Å²) >= 11 is 0. The molecule has 1 N–H and O–H groups in total. The average Bonchev–Trinajstić information content (AvgIpc) is 3.57. The Morgan fingerprint density at radius 2 is 2.07 bits per heavy atom. The topological polar surface area (TPSA) is 98.1 Å². The summed E-state index contributed by atoms with van der Waals surface area (Å²) in [6.45, 7) is 16.8. The number of aryl methyl sites for hydroxylation is 1. The molecule has 0 radical (unpaired) electrons. The number of halogens is 1. The largest absolute Gasteiger partial charge is 0.463 e. The number of aromatic amines is 1. The molecule has 226 valence electrons. The van der Waals surface area contributed by atoms with Gasteiger partial charge in [0.1, 0.15) is 11.9 Å². The van der Waals surface area contributed by atoms with Gasteiger partial charge in [0.2, 0.25) is 6.54 Å². The number of piperazine rings is 1. The van der Waals surface area contributed by atoms with Gasteiger partial charge in [0, 0.05) is 49.1 Å². The van der Waals surface area contributed by atoms with Crippen molar-refractivity contribution in [3.8, 4) is 6.01 Å². The second-order valence-corrected chi connectivity index (χ2v) is 12.4. The highest BCUT2D eigenvalue weighted by Gasteiger charge is 2.44. The summed E-state index contributed by atoms with van der Waals surface area (Å²) in [6.07, 6.45) is 4.81. The van der Waals surface area contributed by atoms with Gasteiger partial charge in [0.05, 0.1) is 36.2 Å². The summed E-state index contributed by atoms with van der Waals surface area (Å²) in [5, 5.41) is 8.43. The fraction of sp³-hybridized carbons (Fsp3) is 0.516. The Kier molecular flexibility index (Phi) is 7.68. The Labute approximate surface area is 251 Å². The molecule has 6 rings (SSSR count). The summed E-state index contributed by atoms with van der Waals surface area (Å²) < 4.78 is 20.1. The van der Waals surface area contributed by atoms with E-state index in [9.17, 15) is 9.18 Å². The second-order valence-electron chi connectivity index (χ2n) is 12.4. The van der Waals surface area contributed by atoms with E-state index in [0.29, 0.717) is 32.3 Å². The maximum Gasteiger partial charge on any atom is 0.318 e. The van der Waals surface area contributed by atoms with E-state index in [0.717, 1.165) is 66.0 Å². The molecule has 1 saturated heterocycles. The quantitative estimate of drug-likeness (QED) is 0.301. The van der Waals surface area contributed by atoms with E-state index < -0.39 is 17.8 Å². The van der Waals surface area contributed by atoms with Crippen molar-refractivity contribution in [2.45, 2.75) is 38.8 Å². The van der Waals surface area contributed by atoms with Crippen LogP contribution in [-0.4, -0.2) is 102 Å². The number of carbonyl (C=O) groups excluding carboxylic acids is 1. The van der Waals surface area contributed by atoms with Crippen LogP contribution in [0.5, 0.6) is 6.01 Å². The van der Waals surface area contributed by atoms with Gasteiger partial charge in [-0.3, -0.25) is 9.89 Å². The lowest BCUT2D eigenvalue weighted by molar-refractivity contribution is -0.131. The maximum atomic E-state index is 13.8. The van der Waals surface area contributed by atoms with E-state index in [1.54, 1.807) is 0 Å². The first-order chi connectivity index (χ1) is 20.7. The Morgan fingerprint density at radius 1 is 1.26 bits per heavy atom. The molecule has 4 heterocycles. The van der Waals surface area contributed by atoms with Crippen LogP contribution in [0.4, 0.5) is 15.9 Å². The smallest absolute Gasteiger partial charge is 0.318 e. The molecule has 1 amide bonds. The minimum atomic E-state index is -1.01. The molecule has 12 heteroatoms. The van der Waals surface area contributed by atoms with Gasteiger partial charge in [-0.2, -0.15) is 15.1 Å². The van der Waals surface area contributed by atoms with Crippen molar-refractivity contribution in [2.75, 3.05) is 69.8 Å². The number of aromatic nitrogens is 4. The van der Waals surface area contributed by atoms with Crippen molar-refractivity contribution in [1.82, 2.24) is 30.0 Å². The number of nitrogens with zero attached hydrogens (tertiary/aromatic N) is 8. The lowest BCUT2D eigenvalue weighted by Gasteiger charge is -2.41. The van der Waals surface area contributed by atoms with Gasteiger partial charge in [-0.1, -0.05) is 12.6 Å². The van der Waals surface area contributed by atoms with Crippen molar-refractivity contribution in [1.29, 1.82) is 0 Å². The predicted octanol–water partition coefficient (Wildman–Crippen LogP) is 3.36. The van der Waals surface area contributed by atoms with Crippen molar-refractivity contribution in [2.24, 2.45) is 5.41 Å². The summed E-state index contributed by atoms with van der Waals surface area (Å²) in [5.74, 6) is -0.984. The zero-order chi connectivity index (χ0) is 30.3. The number of ether oxygens (including phenoxy) is 1. The number of benzene rings is 1. The number of anilines is 2. The number of hydrogen-bond donors (Lipinski definition) is 1. The van der Waals surface area contributed by atoms with Crippen LogP contribution in [0.2, 0.25) is 0 Å². The molecule has 0 spiro atoms. The van der Waals surface area contributed by atoms with E-state index in [-0.39, 0.29) is 18.5 Å². The molecule has 0 unspecified atom stereocenters. The molecule has 2 aromatic heterocycles. The SMILES string of the molecule is [C-]#[N+]C[C@H]1CN(c2nc(OCC3(CN(C)C)CC3)nc3c2CCN(c2c(C)ccc4[nH]ncc24)C3)CCN1C(=O)C(=C)F. The minimum Gasteiger partial charge on any atom is -0.463 e. The number of carbonyl (C=O) groups is 1. The second kappa shape index (κ2) is 11.4. The number of rotatable bonds is 9. The van der Waals surface area contributed by atoms with Crippen LogP contribution in [0.15, 0.2) is 30.7 Å². The van der Waals surface area contributed by atoms with Gasteiger partial charge in [-0.25, -0.2) is 11.0 Å². The van der Waals surface area contributed by atoms with Crippen LogP contribution < -0.4 is 14.5 Å². The minimum absolute atomic E-state index is 0.0704. The van der Waals surface area contributed by atoms with Crippen LogP contribution in [0.3, 0.4) is 0 Å². The van der Waals surface area contributed by atoms with Crippen molar-refractivity contribution >= 4 is 28.3 Å².